The molecule has 1 N–H and O–H groups in total. The molecular formula is C11H8ClNOS. The summed E-state index contributed by atoms with van der Waals surface area (Å²) in [5.74, 6) is 5.68. The van der Waals surface area contributed by atoms with E-state index in [4.69, 9.17) is 16.7 Å². The molecule has 0 heterocycles. The highest BCUT2D eigenvalue weighted by atomic mass is 35.5. The van der Waals surface area contributed by atoms with E-state index < -0.39 is 0 Å². The van der Waals surface area contributed by atoms with Crippen LogP contribution in [-0.4, -0.2) is 16.9 Å². The van der Waals surface area contributed by atoms with Crippen LogP contribution in [0.25, 0.3) is 0 Å². The summed E-state index contributed by atoms with van der Waals surface area (Å²) in [6, 6.07) is 5.23. The number of thiocarbonyl (C=S) groups is 1. The van der Waals surface area contributed by atoms with E-state index in [1.165, 1.54) is 0 Å². The van der Waals surface area contributed by atoms with E-state index in [0.29, 0.717) is 17.1 Å². The molecule has 0 aliphatic rings. The highest BCUT2D eigenvalue weighted by Crippen LogP contribution is 2.24. The summed E-state index contributed by atoms with van der Waals surface area (Å²) >= 11 is 10.4. The molecule has 1 rings (SSSR count). The predicted octanol–water partition coefficient (Wildman–Crippen LogP) is 2.81. The van der Waals surface area contributed by atoms with Crippen LogP contribution in [-0.2, 0) is 0 Å². The Kier molecular flexibility index (Phi) is 5.03. The first-order chi connectivity index (χ1) is 7.27. The van der Waals surface area contributed by atoms with E-state index >= 15 is 0 Å². The lowest BCUT2D eigenvalue weighted by Gasteiger charge is -1.96. The third-order valence-electron chi connectivity index (χ3n) is 1.58. The molecule has 0 radical (unpaired) electrons. The summed E-state index contributed by atoms with van der Waals surface area (Å²) in [5, 5.41) is 11.3. The molecule has 0 aliphatic carbocycles. The lowest BCUT2D eigenvalue weighted by atomic mass is 10.2. The molecule has 0 aliphatic heterocycles. The van der Waals surface area contributed by atoms with Crippen molar-refractivity contribution in [3.63, 3.8) is 0 Å². The van der Waals surface area contributed by atoms with Crippen LogP contribution in [0.5, 0.6) is 0 Å². The monoisotopic (exact) mass is 237 g/mol. The van der Waals surface area contributed by atoms with Gasteiger partial charge in [-0.2, -0.15) is 4.99 Å². The zero-order valence-corrected chi connectivity index (χ0v) is 9.40. The van der Waals surface area contributed by atoms with Crippen LogP contribution in [0.1, 0.15) is 12.0 Å². The van der Waals surface area contributed by atoms with Crippen LogP contribution >= 0.6 is 23.8 Å². The van der Waals surface area contributed by atoms with Gasteiger partial charge in [-0.3, -0.25) is 0 Å². The second-order valence-corrected chi connectivity index (χ2v) is 3.23. The lowest BCUT2D eigenvalue weighted by molar-refractivity contribution is 0.305. The van der Waals surface area contributed by atoms with Crippen LogP contribution in [0.4, 0.5) is 5.69 Å². The van der Waals surface area contributed by atoms with Gasteiger partial charge in [0.1, 0.15) is 0 Å². The normalized spacial score (nSPS) is 8.67. The molecule has 0 aromatic heterocycles. The van der Waals surface area contributed by atoms with Crippen LogP contribution in [0.2, 0.25) is 5.02 Å². The van der Waals surface area contributed by atoms with Gasteiger partial charge in [0, 0.05) is 12.0 Å². The highest BCUT2D eigenvalue weighted by Gasteiger charge is 1.97. The Balaban J connectivity index is 2.92. The molecule has 4 heteroatoms. The standard InChI is InChI=1S/C11H8ClNOS/c12-10-7-9(3-1-2-6-14)4-5-11(10)13-8-15/h4-5,7,14H,2,6H2. The van der Waals surface area contributed by atoms with Gasteiger partial charge in [-0.25, -0.2) is 0 Å². The van der Waals surface area contributed by atoms with Crippen molar-refractivity contribution >= 4 is 34.7 Å². The highest BCUT2D eigenvalue weighted by molar-refractivity contribution is 7.78. The van der Waals surface area contributed by atoms with E-state index in [9.17, 15) is 0 Å². The molecule has 0 saturated heterocycles. The molecule has 0 bridgehead atoms. The number of halogens is 1. The van der Waals surface area contributed by atoms with Crippen molar-refractivity contribution in [3.8, 4) is 11.8 Å². The second-order valence-electron chi connectivity index (χ2n) is 2.64. The molecular weight excluding hydrogens is 230 g/mol. The Morgan fingerprint density at radius 2 is 2.27 bits per heavy atom. The van der Waals surface area contributed by atoms with Crippen molar-refractivity contribution < 1.29 is 5.11 Å². The number of nitrogens with zero attached hydrogens (tertiary/aromatic N) is 1. The minimum atomic E-state index is 0.0635. The van der Waals surface area contributed by atoms with Crippen molar-refractivity contribution in [1.29, 1.82) is 0 Å². The van der Waals surface area contributed by atoms with Crippen molar-refractivity contribution in [2.24, 2.45) is 4.99 Å². The zero-order chi connectivity index (χ0) is 11.1. The number of aliphatic hydroxyl groups is 1. The van der Waals surface area contributed by atoms with Gasteiger partial charge in [-0.15, -0.1) is 0 Å². The smallest absolute Gasteiger partial charge is 0.0926 e. The summed E-state index contributed by atoms with van der Waals surface area (Å²) in [6.07, 6.45) is 0.456. The number of hydrogen-bond donors (Lipinski definition) is 1. The van der Waals surface area contributed by atoms with Gasteiger partial charge in [-0.1, -0.05) is 23.4 Å². The fourth-order valence-electron chi connectivity index (χ4n) is 0.945. The van der Waals surface area contributed by atoms with Crippen LogP contribution in [0.3, 0.4) is 0 Å². The van der Waals surface area contributed by atoms with Gasteiger partial charge < -0.3 is 5.11 Å². The molecule has 0 unspecified atom stereocenters. The number of rotatable bonds is 2. The summed E-state index contributed by atoms with van der Waals surface area (Å²) in [7, 11) is 0. The van der Waals surface area contributed by atoms with Gasteiger partial charge >= 0.3 is 0 Å². The van der Waals surface area contributed by atoms with Gasteiger partial charge in [0.2, 0.25) is 0 Å². The van der Waals surface area contributed by atoms with E-state index in [2.05, 4.69) is 34.2 Å². The van der Waals surface area contributed by atoms with E-state index in [-0.39, 0.29) is 6.61 Å². The minimum Gasteiger partial charge on any atom is -0.395 e. The molecule has 1 aromatic carbocycles. The molecule has 1 aromatic rings. The number of aliphatic hydroxyl groups excluding tert-OH is 1. The number of aliphatic imine (C=N–C) groups is 1. The molecule has 0 spiro atoms. The van der Waals surface area contributed by atoms with E-state index in [0.717, 1.165) is 5.56 Å². The average Bonchev–Trinajstić information content (AvgIpc) is 2.23. The number of benzene rings is 1. The first kappa shape index (κ1) is 11.9. The minimum absolute atomic E-state index is 0.0635. The van der Waals surface area contributed by atoms with Gasteiger partial charge in [-0.05, 0) is 30.4 Å². The molecule has 76 valence electrons. The maximum absolute atomic E-state index is 8.55. The van der Waals surface area contributed by atoms with Crippen molar-refractivity contribution in [2.75, 3.05) is 6.61 Å². The summed E-state index contributed by atoms with van der Waals surface area (Å²) < 4.78 is 0. The fraction of sp³-hybridized carbons (Fsp3) is 0.182. The predicted molar refractivity (Wildman–Crippen MR) is 64.7 cm³/mol. The van der Waals surface area contributed by atoms with Crippen LogP contribution in [0.15, 0.2) is 23.2 Å². The number of isothiocyanates is 1. The Morgan fingerprint density at radius 3 is 2.87 bits per heavy atom. The average molecular weight is 238 g/mol. The number of hydrogen-bond acceptors (Lipinski definition) is 3. The maximum Gasteiger partial charge on any atom is 0.0926 e. The third-order valence-corrected chi connectivity index (χ3v) is 1.98. The summed E-state index contributed by atoms with van der Waals surface area (Å²) in [5.41, 5.74) is 1.37. The molecule has 15 heavy (non-hydrogen) atoms. The lowest BCUT2D eigenvalue weighted by Crippen LogP contribution is -1.78. The maximum atomic E-state index is 8.55. The molecule has 2 nitrogen and oxygen atoms in total. The summed E-state index contributed by atoms with van der Waals surface area (Å²) in [6.45, 7) is 0.0635. The first-order valence-electron chi connectivity index (χ1n) is 4.25. The Labute approximate surface area is 98.6 Å². The van der Waals surface area contributed by atoms with E-state index in [1.54, 1.807) is 18.2 Å². The van der Waals surface area contributed by atoms with Crippen LogP contribution < -0.4 is 0 Å². The Hall–Kier alpha value is -1.17. The second kappa shape index (κ2) is 6.34. The molecule has 0 amide bonds. The topological polar surface area (TPSA) is 32.6 Å². The van der Waals surface area contributed by atoms with Gasteiger partial charge in [0.15, 0.2) is 0 Å². The Bertz CT molecular complexity index is 455. The van der Waals surface area contributed by atoms with Crippen molar-refractivity contribution in [1.82, 2.24) is 0 Å². The Morgan fingerprint density at radius 1 is 1.47 bits per heavy atom. The van der Waals surface area contributed by atoms with Crippen molar-refractivity contribution in [3.05, 3.63) is 28.8 Å². The van der Waals surface area contributed by atoms with E-state index in [1.807, 2.05) is 0 Å². The summed E-state index contributed by atoms with van der Waals surface area (Å²) in [4.78, 5) is 3.79. The first-order valence-corrected chi connectivity index (χ1v) is 5.03. The molecule has 0 fully saturated rings. The quantitative estimate of drug-likeness (QED) is 0.487. The van der Waals surface area contributed by atoms with Crippen LogP contribution in [0, 0.1) is 11.8 Å². The van der Waals surface area contributed by atoms with Gasteiger partial charge in [0.25, 0.3) is 0 Å². The van der Waals surface area contributed by atoms with Crippen molar-refractivity contribution in [2.45, 2.75) is 6.42 Å². The fourth-order valence-corrected chi connectivity index (χ4v) is 1.27. The largest absolute Gasteiger partial charge is 0.395 e. The third kappa shape index (κ3) is 3.83. The molecule has 0 atom stereocenters. The zero-order valence-electron chi connectivity index (χ0n) is 7.83. The SMILES string of the molecule is OCCC#Cc1ccc(N=C=S)c(Cl)c1. The molecule has 0 saturated carbocycles. The van der Waals surface area contributed by atoms with Gasteiger partial charge in [0.05, 0.1) is 22.5 Å².